The SMILES string of the molecule is O=C(CC1C(=O)CCN2C(=O)CCC12)c1ccc(C(F)(F)F)cc1. The summed E-state index contributed by atoms with van der Waals surface area (Å²) in [5.74, 6) is -0.978. The van der Waals surface area contributed by atoms with Crippen molar-refractivity contribution in [2.24, 2.45) is 5.92 Å². The quantitative estimate of drug-likeness (QED) is 0.796. The van der Waals surface area contributed by atoms with Gasteiger partial charge in [-0.2, -0.15) is 13.2 Å². The smallest absolute Gasteiger partial charge is 0.339 e. The molecular weight excluding hydrogens is 323 g/mol. The first kappa shape index (κ1) is 16.7. The zero-order valence-corrected chi connectivity index (χ0v) is 12.8. The summed E-state index contributed by atoms with van der Waals surface area (Å²) in [4.78, 5) is 37.9. The lowest BCUT2D eigenvalue weighted by Gasteiger charge is -2.35. The first-order valence-electron chi connectivity index (χ1n) is 7.80. The second-order valence-electron chi connectivity index (χ2n) is 6.22. The molecule has 0 spiro atoms. The fourth-order valence-electron chi connectivity index (χ4n) is 3.51. The van der Waals surface area contributed by atoms with Crippen molar-refractivity contribution in [3.63, 3.8) is 0 Å². The highest BCUT2D eigenvalue weighted by molar-refractivity contribution is 5.99. The number of alkyl halides is 3. The number of rotatable bonds is 3. The standard InChI is InChI=1S/C17H16F3NO3/c18-17(19,20)11-3-1-10(2-4-11)15(23)9-12-13-5-6-16(24)21(13)8-7-14(12)22/h1-4,12-13H,5-9H2. The molecule has 0 bridgehead atoms. The Morgan fingerprint density at radius 2 is 1.79 bits per heavy atom. The number of nitrogens with zero attached hydrogens (tertiary/aromatic N) is 1. The van der Waals surface area contributed by atoms with Gasteiger partial charge in [0, 0.05) is 43.3 Å². The zero-order valence-electron chi connectivity index (χ0n) is 12.8. The van der Waals surface area contributed by atoms with Crippen LogP contribution in [0.3, 0.4) is 0 Å². The van der Waals surface area contributed by atoms with Crippen LogP contribution in [0, 0.1) is 5.92 Å². The van der Waals surface area contributed by atoms with E-state index < -0.39 is 17.7 Å². The predicted molar refractivity (Wildman–Crippen MR) is 78.2 cm³/mol. The van der Waals surface area contributed by atoms with E-state index in [2.05, 4.69) is 0 Å². The third kappa shape index (κ3) is 3.07. The molecule has 0 saturated carbocycles. The molecule has 2 saturated heterocycles. The van der Waals surface area contributed by atoms with Crippen LogP contribution < -0.4 is 0 Å². The Morgan fingerprint density at radius 1 is 1.12 bits per heavy atom. The van der Waals surface area contributed by atoms with E-state index in [1.54, 1.807) is 4.90 Å². The van der Waals surface area contributed by atoms with Gasteiger partial charge in [0.15, 0.2) is 5.78 Å². The topological polar surface area (TPSA) is 54.5 Å². The largest absolute Gasteiger partial charge is 0.416 e. The van der Waals surface area contributed by atoms with Crippen LogP contribution >= 0.6 is 0 Å². The van der Waals surface area contributed by atoms with Gasteiger partial charge < -0.3 is 4.90 Å². The van der Waals surface area contributed by atoms with Crippen molar-refractivity contribution in [3.05, 3.63) is 35.4 Å². The maximum absolute atomic E-state index is 12.6. The van der Waals surface area contributed by atoms with Gasteiger partial charge in [-0.1, -0.05) is 12.1 Å². The number of amides is 1. The van der Waals surface area contributed by atoms with E-state index in [0.29, 0.717) is 19.4 Å². The van der Waals surface area contributed by atoms with Crippen LogP contribution in [0.25, 0.3) is 0 Å². The van der Waals surface area contributed by atoms with Crippen LogP contribution in [0.15, 0.2) is 24.3 Å². The first-order chi connectivity index (χ1) is 11.3. The lowest BCUT2D eigenvalue weighted by molar-refractivity contribution is -0.138. The molecule has 2 unspecified atom stereocenters. The van der Waals surface area contributed by atoms with Crippen LogP contribution in [0.1, 0.15) is 41.6 Å². The summed E-state index contributed by atoms with van der Waals surface area (Å²) >= 11 is 0. The molecule has 2 heterocycles. The van der Waals surface area contributed by atoms with Gasteiger partial charge in [-0.25, -0.2) is 0 Å². The summed E-state index contributed by atoms with van der Waals surface area (Å²) in [6.07, 6.45) is -3.37. The van der Waals surface area contributed by atoms with Crippen molar-refractivity contribution >= 4 is 17.5 Å². The lowest BCUT2D eigenvalue weighted by atomic mass is 9.83. The van der Waals surface area contributed by atoms with Crippen LogP contribution in [0.2, 0.25) is 0 Å². The fourth-order valence-corrected chi connectivity index (χ4v) is 3.51. The number of carbonyl (C=O) groups is 3. The average molecular weight is 339 g/mol. The molecule has 1 amide bonds. The summed E-state index contributed by atoms with van der Waals surface area (Å²) in [5.41, 5.74) is -0.669. The van der Waals surface area contributed by atoms with Gasteiger partial charge in [0.1, 0.15) is 5.78 Å². The van der Waals surface area contributed by atoms with Gasteiger partial charge in [0.25, 0.3) is 0 Å². The van der Waals surface area contributed by atoms with Crippen molar-refractivity contribution in [2.45, 2.75) is 37.9 Å². The Bertz CT molecular complexity index is 681. The van der Waals surface area contributed by atoms with Crippen molar-refractivity contribution in [2.75, 3.05) is 6.54 Å². The van der Waals surface area contributed by atoms with Crippen LogP contribution in [0.4, 0.5) is 13.2 Å². The van der Waals surface area contributed by atoms with Gasteiger partial charge in [0.2, 0.25) is 5.91 Å². The predicted octanol–water partition coefficient (Wildman–Crippen LogP) is 2.86. The lowest BCUT2D eigenvalue weighted by Crippen LogP contribution is -2.48. The molecule has 1 aromatic rings. The minimum atomic E-state index is -4.45. The van der Waals surface area contributed by atoms with Crippen molar-refractivity contribution in [3.8, 4) is 0 Å². The summed E-state index contributed by atoms with van der Waals surface area (Å²) < 4.78 is 37.7. The maximum atomic E-state index is 12.6. The number of Topliss-reactive ketones (excluding diaryl/α,β-unsaturated/α-hetero) is 2. The normalized spacial score (nSPS) is 24.2. The molecule has 4 nitrogen and oxygen atoms in total. The Labute approximate surface area is 136 Å². The molecule has 0 aliphatic carbocycles. The molecule has 0 radical (unpaired) electrons. The van der Waals surface area contributed by atoms with Crippen molar-refractivity contribution in [1.29, 1.82) is 0 Å². The monoisotopic (exact) mass is 339 g/mol. The molecule has 7 heteroatoms. The van der Waals surface area contributed by atoms with Crippen LogP contribution in [-0.2, 0) is 15.8 Å². The second-order valence-corrected chi connectivity index (χ2v) is 6.22. The Kier molecular flexibility index (Phi) is 4.19. The number of ketones is 2. The number of carbonyl (C=O) groups excluding carboxylic acids is 3. The molecular formula is C17H16F3NO3. The Balaban J connectivity index is 1.74. The Morgan fingerprint density at radius 3 is 2.42 bits per heavy atom. The maximum Gasteiger partial charge on any atom is 0.416 e. The molecule has 3 rings (SSSR count). The Hall–Kier alpha value is -2.18. The molecule has 2 atom stereocenters. The number of hydrogen-bond acceptors (Lipinski definition) is 3. The number of halogens is 3. The molecule has 2 aliphatic rings. The van der Waals surface area contributed by atoms with Crippen molar-refractivity contribution < 1.29 is 27.6 Å². The fraction of sp³-hybridized carbons (Fsp3) is 0.471. The van der Waals surface area contributed by atoms with E-state index in [0.717, 1.165) is 24.3 Å². The number of benzene rings is 1. The van der Waals surface area contributed by atoms with Crippen LogP contribution in [0.5, 0.6) is 0 Å². The van der Waals surface area contributed by atoms with E-state index in [-0.39, 0.29) is 41.9 Å². The van der Waals surface area contributed by atoms with Crippen molar-refractivity contribution in [1.82, 2.24) is 4.90 Å². The first-order valence-corrected chi connectivity index (χ1v) is 7.80. The van der Waals surface area contributed by atoms with E-state index in [9.17, 15) is 27.6 Å². The number of hydrogen-bond donors (Lipinski definition) is 0. The van der Waals surface area contributed by atoms with Gasteiger partial charge in [-0.05, 0) is 18.6 Å². The van der Waals surface area contributed by atoms with Gasteiger partial charge in [-0.15, -0.1) is 0 Å². The van der Waals surface area contributed by atoms with Gasteiger partial charge >= 0.3 is 6.18 Å². The highest BCUT2D eigenvalue weighted by atomic mass is 19.4. The highest BCUT2D eigenvalue weighted by Crippen LogP contribution is 2.34. The summed E-state index contributed by atoms with van der Waals surface area (Å²) in [7, 11) is 0. The molecule has 128 valence electrons. The minimum Gasteiger partial charge on any atom is -0.339 e. The molecule has 1 aromatic carbocycles. The third-order valence-electron chi connectivity index (χ3n) is 4.79. The number of piperidine rings is 1. The number of fused-ring (bicyclic) bond motifs is 1. The third-order valence-corrected chi connectivity index (χ3v) is 4.79. The van der Waals surface area contributed by atoms with Crippen LogP contribution in [-0.4, -0.2) is 35.0 Å². The summed E-state index contributed by atoms with van der Waals surface area (Å²) in [6.45, 7) is 0.396. The van der Waals surface area contributed by atoms with E-state index in [4.69, 9.17) is 0 Å². The molecule has 0 aromatic heterocycles. The minimum absolute atomic E-state index is 0.000482. The second kappa shape index (κ2) is 6.03. The highest BCUT2D eigenvalue weighted by Gasteiger charge is 2.43. The molecule has 2 fully saturated rings. The van der Waals surface area contributed by atoms with E-state index in [1.165, 1.54) is 0 Å². The molecule has 24 heavy (non-hydrogen) atoms. The zero-order chi connectivity index (χ0) is 17.5. The van der Waals surface area contributed by atoms with E-state index >= 15 is 0 Å². The summed E-state index contributed by atoms with van der Waals surface area (Å²) in [5, 5.41) is 0. The van der Waals surface area contributed by atoms with Gasteiger partial charge in [-0.3, -0.25) is 14.4 Å². The molecule has 0 N–H and O–H groups in total. The van der Waals surface area contributed by atoms with Gasteiger partial charge in [0.05, 0.1) is 5.56 Å². The summed E-state index contributed by atoms with van der Waals surface area (Å²) in [6, 6.07) is 3.74. The van der Waals surface area contributed by atoms with E-state index in [1.807, 2.05) is 0 Å². The molecule has 2 aliphatic heterocycles. The average Bonchev–Trinajstić information content (AvgIpc) is 2.91.